The Hall–Kier alpha value is -1.51. The summed E-state index contributed by atoms with van der Waals surface area (Å²) >= 11 is 0. The molecule has 0 spiro atoms. The highest BCUT2D eigenvalue weighted by atomic mass is 16.4. The molecule has 0 aliphatic heterocycles. The number of rotatable bonds is 10. The normalized spacial score (nSPS) is 10.7. The first kappa shape index (κ1) is 16.5. The van der Waals surface area contributed by atoms with E-state index in [0.717, 1.165) is 18.4 Å². The quantitative estimate of drug-likeness (QED) is 0.606. The molecule has 0 atom stereocenters. The number of unbranched alkanes of at least 4 members (excludes halogenated alkanes) is 7. The van der Waals surface area contributed by atoms with Gasteiger partial charge in [-0.3, -0.25) is 0 Å². The topological polar surface area (TPSA) is 57.5 Å². The van der Waals surface area contributed by atoms with Crippen molar-refractivity contribution in [1.29, 1.82) is 0 Å². The second-order valence-electron chi connectivity index (χ2n) is 5.38. The first-order valence-corrected chi connectivity index (χ1v) is 7.70. The van der Waals surface area contributed by atoms with Crippen LogP contribution in [0.25, 0.3) is 0 Å². The monoisotopic (exact) mass is 278 g/mol. The van der Waals surface area contributed by atoms with Crippen molar-refractivity contribution in [3.8, 4) is 5.75 Å². The summed E-state index contributed by atoms with van der Waals surface area (Å²) in [5, 5.41) is 18.4. The lowest BCUT2D eigenvalue weighted by Gasteiger charge is -2.05. The van der Waals surface area contributed by atoms with E-state index in [-0.39, 0.29) is 11.3 Å². The van der Waals surface area contributed by atoms with Crippen LogP contribution >= 0.6 is 0 Å². The minimum absolute atomic E-state index is 0.0234. The van der Waals surface area contributed by atoms with Gasteiger partial charge in [0, 0.05) is 0 Å². The summed E-state index contributed by atoms with van der Waals surface area (Å²) < 4.78 is 0. The lowest BCUT2D eigenvalue weighted by molar-refractivity contribution is 0.0693. The Morgan fingerprint density at radius 2 is 1.60 bits per heavy atom. The van der Waals surface area contributed by atoms with E-state index in [9.17, 15) is 9.90 Å². The van der Waals surface area contributed by atoms with Gasteiger partial charge in [0.2, 0.25) is 0 Å². The molecule has 1 rings (SSSR count). The minimum atomic E-state index is -1.08. The highest BCUT2D eigenvalue weighted by Gasteiger charge is 2.09. The van der Waals surface area contributed by atoms with Crippen molar-refractivity contribution in [2.75, 3.05) is 0 Å². The fourth-order valence-electron chi connectivity index (χ4n) is 2.38. The van der Waals surface area contributed by atoms with Crippen molar-refractivity contribution in [1.82, 2.24) is 0 Å². The van der Waals surface area contributed by atoms with Crippen LogP contribution in [0.2, 0.25) is 0 Å². The van der Waals surface area contributed by atoms with Crippen LogP contribution in [0.5, 0.6) is 5.75 Å². The maximum Gasteiger partial charge on any atom is 0.339 e. The van der Waals surface area contributed by atoms with Crippen LogP contribution in [-0.2, 0) is 6.42 Å². The summed E-state index contributed by atoms with van der Waals surface area (Å²) in [5.74, 6) is -1.21. The number of carboxylic acid groups (broad SMARTS) is 1. The molecule has 0 radical (unpaired) electrons. The number of benzene rings is 1. The molecule has 1 aromatic rings. The third-order valence-corrected chi connectivity index (χ3v) is 3.61. The van der Waals surface area contributed by atoms with E-state index in [0.29, 0.717) is 0 Å². The number of aromatic carboxylic acids is 1. The number of carbonyl (C=O) groups is 1. The molecule has 0 bridgehead atoms. The van der Waals surface area contributed by atoms with E-state index in [1.165, 1.54) is 51.0 Å². The fourth-order valence-corrected chi connectivity index (χ4v) is 2.38. The Morgan fingerprint density at radius 1 is 1.00 bits per heavy atom. The molecule has 3 heteroatoms. The summed E-state index contributed by atoms with van der Waals surface area (Å²) in [6.07, 6.45) is 11.1. The summed E-state index contributed by atoms with van der Waals surface area (Å²) in [4.78, 5) is 10.8. The smallest absolute Gasteiger partial charge is 0.339 e. The van der Waals surface area contributed by atoms with E-state index >= 15 is 0 Å². The Morgan fingerprint density at radius 3 is 2.15 bits per heavy atom. The lowest BCUT2D eigenvalue weighted by Crippen LogP contribution is -1.97. The van der Waals surface area contributed by atoms with E-state index in [2.05, 4.69) is 6.92 Å². The summed E-state index contributed by atoms with van der Waals surface area (Å²) in [5.41, 5.74) is 0.989. The molecule has 0 amide bonds. The van der Waals surface area contributed by atoms with Crippen molar-refractivity contribution in [2.45, 2.75) is 64.7 Å². The van der Waals surface area contributed by atoms with Crippen molar-refractivity contribution in [2.24, 2.45) is 0 Å². The van der Waals surface area contributed by atoms with E-state index < -0.39 is 5.97 Å². The minimum Gasteiger partial charge on any atom is -0.507 e. The molecule has 0 aliphatic carbocycles. The van der Waals surface area contributed by atoms with Crippen molar-refractivity contribution in [3.05, 3.63) is 29.3 Å². The molecule has 0 fully saturated rings. The number of hydrogen-bond donors (Lipinski definition) is 2. The zero-order valence-electron chi connectivity index (χ0n) is 12.4. The molecule has 0 saturated heterocycles. The number of aromatic hydroxyl groups is 1. The number of phenols is 1. The Bertz CT molecular complexity index is 413. The standard InChI is InChI=1S/C17H26O3/c1-2-3-4-5-6-7-8-9-10-14-11-12-15(17(19)20)16(18)13-14/h11-13,18H,2-10H2,1H3,(H,19,20). The van der Waals surface area contributed by atoms with Gasteiger partial charge in [0.1, 0.15) is 11.3 Å². The average molecular weight is 278 g/mol. The maximum atomic E-state index is 10.8. The van der Waals surface area contributed by atoms with Crippen molar-refractivity contribution >= 4 is 5.97 Å². The fraction of sp³-hybridized carbons (Fsp3) is 0.588. The second-order valence-corrected chi connectivity index (χ2v) is 5.38. The summed E-state index contributed by atoms with van der Waals surface area (Å²) in [6, 6.07) is 4.85. The van der Waals surface area contributed by atoms with Crippen LogP contribution < -0.4 is 0 Å². The Balaban J connectivity index is 2.19. The molecule has 0 aromatic heterocycles. The van der Waals surface area contributed by atoms with Crippen LogP contribution in [0.4, 0.5) is 0 Å². The first-order valence-electron chi connectivity index (χ1n) is 7.70. The Kier molecular flexibility index (Phi) is 7.78. The molecule has 2 N–H and O–H groups in total. The van der Waals surface area contributed by atoms with Crippen LogP contribution in [0.3, 0.4) is 0 Å². The molecular formula is C17H26O3. The molecule has 3 nitrogen and oxygen atoms in total. The van der Waals surface area contributed by atoms with Gasteiger partial charge in [0.25, 0.3) is 0 Å². The second kappa shape index (κ2) is 9.40. The zero-order chi connectivity index (χ0) is 14.8. The predicted octanol–water partition coefficient (Wildman–Crippen LogP) is 4.77. The third kappa shape index (κ3) is 6.09. The van der Waals surface area contributed by atoms with E-state index in [1.54, 1.807) is 12.1 Å². The van der Waals surface area contributed by atoms with Gasteiger partial charge in [-0.15, -0.1) is 0 Å². The van der Waals surface area contributed by atoms with Gasteiger partial charge in [0.15, 0.2) is 0 Å². The molecule has 0 unspecified atom stereocenters. The zero-order valence-corrected chi connectivity index (χ0v) is 12.4. The lowest BCUT2D eigenvalue weighted by atomic mass is 10.0. The molecule has 0 saturated carbocycles. The van der Waals surface area contributed by atoms with E-state index in [1.807, 2.05) is 0 Å². The Labute approximate surface area is 121 Å². The van der Waals surface area contributed by atoms with E-state index in [4.69, 9.17) is 5.11 Å². The van der Waals surface area contributed by atoms with Crippen LogP contribution in [0.1, 0.15) is 74.2 Å². The SMILES string of the molecule is CCCCCCCCCCc1ccc(C(=O)O)c(O)c1. The highest BCUT2D eigenvalue weighted by molar-refractivity contribution is 5.90. The van der Waals surface area contributed by atoms with Gasteiger partial charge in [-0.1, -0.05) is 57.9 Å². The van der Waals surface area contributed by atoms with Crippen molar-refractivity contribution < 1.29 is 15.0 Å². The molecular weight excluding hydrogens is 252 g/mol. The van der Waals surface area contributed by atoms with Crippen molar-refractivity contribution in [3.63, 3.8) is 0 Å². The maximum absolute atomic E-state index is 10.8. The largest absolute Gasteiger partial charge is 0.507 e. The van der Waals surface area contributed by atoms with Crippen LogP contribution in [0, 0.1) is 0 Å². The average Bonchev–Trinajstić information content (AvgIpc) is 2.41. The number of carboxylic acids is 1. The van der Waals surface area contributed by atoms with Gasteiger partial charge in [-0.25, -0.2) is 4.79 Å². The number of hydrogen-bond acceptors (Lipinski definition) is 2. The summed E-state index contributed by atoms with van der Waals surface area (Å²) in [6.45, 7) is 2.23. The van der Waals surface area contributed by atoms with Gasteiger partial charge < -0.3 is 10.2 Å². The van der Waals surface area contributed by atoms with Crippen LogP contribution in [0.15, 0.2) is 18.2 Å². The van der Waals surface area contributed by atoms with Crippen LogP contribution in [-0.4, -0.2) is 16.2 Å². The predicted molar refractivity (Wildman–Crippen MR) is 81.4 cm³/mol. The first-order chi connectivity index (χ1) is 9.65. The third-order valence-electron chi connectivity index (χ3n) is 3.61. The molecule has 20 heavy (non-hydrogen) atoms. The summed E-state index contributed by atoms with van der Waals surface area (Å²) in [7, 11) is 0. The van der Waals surface area contributed by atoms with Gasteiger partial charge in [0.05, 0.1) is 0 Å². The molecule has 1 aromatic carbocycles. The number of aryl methyl sites for hydroxylation is 1. The molecule has 0 heterocycles. The molecule has 112 valence electrons. The highest BCUT2D eigenvalue weighted by Crippen LogP contribution is 2.20. The molecule has 0 aliphatic rings. The van der Waals surface area contributed by atoms with Gasteiger partial charge in [-0.05, 0) is 30.5 Å². The van der Waals surface area contributed by atoms with Gasteiger partial charge in [-0.2, -0.15) is 0 Å². The van der Waals surface area contributed by atoms with Gasteiger partial charge >= 0.3 is 5.97 Å².